The number of thioether (sulfide) groups is 1. The number of benzene rings is 2. The Bertz CT molecular complexity index is 576. The van der Waals surface area contributed by atoms with Crippen molar-refractivity contribution in [1.29, 1.82) is 0 Å². The third-order valence-corrected chi connectivity index (χ3v) is 4.90. The summed E-state index contributed by atoms with van der Waals surface area (Å²) in [6.45, 7) is 0. The molecule has 1 saturated carbocycles. The lowest BCUT2D eigenvalue weighted by Gasteiger charge is -2.37. The molecular formula is C17H18ClNS. The summed E-state index contributed by atoms with van der Waals surface area (Å²) in [6, 6.07) is 17.5. The van der Waals surface area contributed by atoms with Crippen molar-refractivity contribution in [2.45, 2.75) is 29.7 Å². The van der Waals surface area contributed by atoms with Crippen LogP contribution in [0.15, 0.2) is 53.4 Å². The molecule has 0 aromatic heterocycles. The average Bonchev–Trinajstić information content (AvgIpc) is 2.44. The molecule has 104 valence electrons. The van der Waals surface area contributed by atoms with Gasteiger partial charge in [-0.25, -0.2) is 0 Å². The monoisotopic (exact) mass is 303 g/mol. The number of hydrogen-bond donors (Lipinski definition) is 1. The van der Waals surface area contributed by atoms with Gasteiger partial charge in [-0.1, -0.05) is 29.8 Å². The number of nitrogens with one attached hydrogen (secondary N) is 1. The molecule has 1 nitrogen and oxygen atoms in total. The van der Waals surface area contributed by atoms with Gasteiger partial charge in [0.2, 0.25) is 0 Å². The fraction of sp³-hybridized carbons (Fsp3) is 0.294. The highest BCUT2D eigenvalue weighted by Crippen LogP contribution is 2.39. The van der Waals surface area contributed by atoms with Crippen molar-refractivity contribution in [3.8, 4) is 0 Å². The minimum Gasteiger partial charge on any atom is -0.382 e. The van der Waals surface area contributed by atoms with Crippen molar-refractivity contribution < 1.29 is 0 Å². The smallest absolute Gasteiger partial charge is 0.0406 e. The van der Waals surface area contributed by atoms with Crippen molar-refractivity contribution in [1.82, 2.24) is 0 Å². The van der Waals surface area contributed by atoms with E-state index in [9.17, 15) is 0 Å². The molecule has 1 aliphatic carbocycles. The zero-order valence-electron chi connectivity index (χ0n) is 11.5. The summed E-state index contributed by atoms with van der Waals surface area (Å²) in [5.74, 6) is 0.675. The minimum atomic E-state index is 0.591. The van der Waals surface area contributed by atoms with Crippen LogP contribution >= 0.6 is 23.4 Å². The van der Waals surface area contributed by atoms with Crippen LogP contribution in [0.4, 0.5) is 5.69 Å². The molecule has 3 rings (SSSR count). The summed E-state index contributed by atoms with van der Waals surface area (Å²) in [5.41, 5.74) is 2.64. The van der Waals surface area contributed by atoms with Crippen molar-refractivity contribution in [3.05, 3.63) is 59.1 Å². The van der Waals surface area contributed by atoms with Crippen molar-refractivity contribution >= 4 is 29.1 Å². The van der Waals surface area contributed by atoms with Crippen molar-refractivity contribution in [3.63, 3.8) is 0 Å². The van der Waals surface area contributed by atoms with Crippen LogP contribution in [0.25, 0.3) is 0 Å². The van der Waals surface area contributed by atoms with Gasteiger partial charge in [-0.15, -0.1) is 11.8 Å². The molecule has 1 fully saturated rings. The average molecular weight is 304 g/mol. The maximum atomic E-state index is 5.93. The second kappa shape index (κ2) is 6.11. The van der Waals surface area contributed by atoms with Gasteiger partial charge >= 0.3 is 0 Å². The lowest BCUT2D eigenvalue weighted by atomic mass is 9.76. The molecule has 1 N–H and O–H groups in total. The standard InChI is InChI=1S/C17H18ClNS/c1-20-17-4-2-3-15(11-17)19-16-9-13(10-16)12-5-7-14(18)8-6-12/h2-8,11,13,16,19H,9-10H2,1H3. The predicted octanol–water partition coefficient (Wildman–Crippen LogP) is 5.42. The summed E-state index contributed by atoms with van der Waals surface area (Å²) < 4.78 is 0. The summed E-state index contributed by atoms with van der Waals surface area (Å²) >= 11 is 7.71. The Morgan fingerprint density at radius 2 is 1.85 bits per heavy atom. The Balaban J connectivity index is 1.56. The lowest BCUT2D eigenvalue weighted by Crippen LogP contribution is -2.33. The van der Waals surface area contributed by atoms with E-state index in [0.717, 1.165) is 5.02 Å². The molecule has 0 atom stereocenters. The first kappa shape index (κ1) is 13.8. The van der Waals surface area contributed by atoms with Crippen LogP contribution in [0.3, 0.4) is 0 Å². The Hall–Kier alpha value is -1.12. The summed E-state index contributed by atoms with van der Waals surface area (Å²) in [4.78, 5) is 1.31. The number of hydrogen-bond acceptors (Lipinski definition) is 2. The third kappa shape index (κ3) is 3.13. The van der Waals surface area contributed by atoms with Crippen LogP contribution in [0.1, 0.15) is 24.3 Å². The van der Waals surface area contributed by atoms with Crippen LogP contribution in [0, 0.1) is 0 Å². The topological polar surface area (TPSA) is 12.0 Å². The van der Waals surface area contributed by atoms with E-state index in [4.69, 9.17) is 11.6 Å². The largest absolute Gasteiger partial charge is 0.382 e. The van der Waals surface area contributed by atoms with Gasteiger partial charge in [-0.3, -0.25) is 0 Å². The molecule has 0 unspecified atom stereocenters. The van der Waals surface area contributed by atoms with Gasteiger partial charge in [0.05, 0.1) is 0 Å². The van der Waals surface area contributed by atoms with E-state index in [1.165, 1.54) is 29.0 Å². The summed E-state index contributed by atoms with van der Waals surface area (Å²) in [5, 5.41) is 4.44. The highest BCUT2D eigenvalue weighted by Gasteiger charge is 2.30. The van der Waals surface area contributed by atoms with Gasteiger partial charge in [0.15, 0.2) is 0 Å². The Morgan fingerprint density at radius 1 is 1.10 bits per heavy atom. The van der Waals surface area contributed by atoms with Crippen LogP contribution in [0.5, 0.6) is 0 Å². The molecular weight excluding hydrogens is 286 g/mol. The molecule has 0 heterocycles. The third-order valence-electron chi connectivity index (χ3n) is 3.92. The first-order valence-electron chi connectivity index (χ1n) is 6.90. The lowest BCUT2D eigenvalue weighted by molar-refractivity contribution is 0.374. The highest BCUT2D eigenvalue weighted by atomic mass is 35.5. The van der Waals surface area contributed by atoms with Gasteiger partial charge in [-0.2, -0.15) is 0 Å². The number of anilines is 1. The molecule has 3 heteroatoms. The molecule has 0 amide bonds. The van der Waals surface area contributed by atoms with Crippen LogP contribution in [-0.4, -0.2) is 12.3 Å². The molecule has 0 bridgehead atoms. The fourth-order valence-electron chi connectivity index (χ4n) is 2.69. The molecule has 0 aliphatic heterocycles. The Labute approximate surface area is 129 Å². The highest BCUT2D eigenvalue weighted by molar-refractivity contribution is 7.98. The van der Waals surface area contributed by atoms with Gasteiger partial charge < -0.3 is 5.32 Å². The van der Waals surface area contributed by atoms with Gasteiger partial charge in [-0.05, 0) is 60.9 Å². The second-order valence-electron chi connectivity index (χ2n) is 5.29. The van der Waals surface area contributed by atoms with E-state index in [1.807, 2.05) is 12.1 Å². The van der Waals surface area contributed by atoms with Gasteiger partial charge in [0, 0.05) is 21.6 Å². The van der Waals surface area contributed by atoms with E-state index in [1.54, 1.807) is 11.8 Å². The zero-order chi connectivity index (χ0) is 13.9. The van der Waals surface area contributed by atoms with E-state index in [2.05, 4.69) is 48.0 Å². The Kier molecular flexibility index (Phi) is 4.23. The van der Waals surface area contributed by atoms with Crippen molar-refractivity contribution in [2.75, 3.05) is 11.6 Å². The molecule has 2 aromatic rings. The van der Waals surface area contributed by atoms with E-state index < -0.39 is 0 Å². The molecule has 0 radical (unpaired) electrons. The predicted molar refractivity (Wildman–Crippen MR) is 89.1 cm³/mol. The molecule has 2 aromatic carbocycles. The molecule has 0 spiro atoms. The SMILES string of the molecule is CSc1cccc(NC2CC(c3ccc(Cl)cc3)C2)c1. The quantitative estimate of drug-likeness (QED) is 0.757. The summed E-state index contributed by atoms with van der Waals surface area (Å²) in [7, 11) is 0. The maximum absolute atomic E-state index is 5.93. The molecule has 1 aliphatic rings. The normalized spacial score (nSPS) is 21.3. The number of rotatable bonds is 4. The van der Waals surface area contributed by atoms with Gasteiger partial charge in [0.1, 0.15) is 0 Å². The zero-order valence-corrected chi connectivity index (χ0v) is 13.0. The van der Waals surface area contributed by atoms with E-state index in [-0.39, 0.29) is 0 Å². The molecule has 0 saturated heterocycles. The maximum Gasteiger partial charge on any atom is 0.0406 e. The van der Waals surface area contributed by atoms with Gasteiger partial charge in [0.25, 0.3) is 0 Å². The first-order chi connectivity index (χ1) is 9.74. The second-order valence-corrected chi connectivity index (χ2v) is 6.61. The van der Waals surface area contributed by atoms with Crippen LogP contribution < -0.4 is 5.32 Å². The number of halogens is 1. The van der Waals surface area contributed by atoms with E-state index >= 15 is 0 Å². The van der Waals surface area contributed by atoms with Crippen LogP contribution in [0.2, 0.25) is 5.02 Å². The van der Waals surface area contributed by atoms with Crippen LogP contribution in [-0.2, 0) is 0 Å². The van der Waals surface area contributed by atoms with Crippen molar-refractivity contribution in [2.24, 2.45) is 0 Å². The first-order valence-corrected chi connectivity index (χ1v) is 8.51. The summed E-state index contributed by atoms with van der Waals surface area (Å²) in [6.07, 6.45) is 4.51. The minimum absolute atomic E-state index is 0.591. The Morgan fingerprint density at radius 3 is 2.55 bits per heavy atom. The fourth-order valence-corrected chi connectivity index (χ4v) is 3.28. The van der Waals surface area contributed by atoms with E-state index in [0.29, 0.717) is 12.0 Å². The molecule has 20 heavy (non-hydrogen) atoms.